The molecule has 0 saturated carbocycles. The summed E-state index contributed by atoms with van der Waals surface area (Å²) in [6.45, 7) is 1.62. The van der Waals surface area contributed by atoms with Crippen LogP contribution in [0.3, 0.4) is 0 Å². The van der Waals surface area contributed by atoms with Gasteiger partial charge in [-0.25, -0.2) is 0 Å². The smallest absolute Gasteiger partial charge is 0.309 e. The highest BCUT2D eigenvalue weighted by Crippen LogP contribution is 2.16. The van der Waals surface area contributed by atoms with Crippen LogP contribution < -0.4 is 0 Å². The fourth-order valence-electron chi connectivity index (χ4n) is 1.31. The van der Waals surface area contributed by atoms with Crippen molar-refractivity contribution < 1.29 is 18.7 Å². The molecule has 0 saturated heterocycles. The second-order valence-electron chi connectivity index (χ2n) is 3.69. The Morgan fingerprint density at radius 2 is 2.00 bits per heavy atom. The van der Waals surface area contributed by atoms with E-state index in [1.54, 1.807) is 6.92 Å². The summed E-state index contributed by atoms with van der Waals surface area (Å²) in [4.78, 5) is 21.6. The van der Waals surface area contributed by atoms with Crippen molar-refractivity contribution in [1.29, 1.82) is 0 Å². The Morgan fingerprint density at radius 3 is 2.44 bits per heavy atom. The van der Waals surface area contributed by atoms with Gasteiger partial charge in [-0.1, -0.05) is 6.92 Å². The number of carbonyl (C=O) groups is 1. The lowest BCUT2D eigenvalue weighted by Crippen LogP contribution is -2.19. The molecular formula is C11H13NO5S. The number of nitro groups is 1. The zero-order valence-corrected chi connectivity index (χ0v) is 10.8. The largest absolute Gasteiger partial charge is 0.469 e. The number of nitrogens with zero attached hydrogens (tertiary/aromatic N) is 1. The molecule has 0 aromatic heterocycles. The van der Waals surface area contributed by atoms with Crippen LogP contribution in [0.15, 0.2) is 29.2 Å². The van der Waals surface area contributed by atoms with Gasteiger partial charge in [-0.2, -0.15) is 0 Å². The molecule has 0 bridgehead atoms. The van der Waals surface area contributed by atoms with Crippen LogP contribution in [0.4, 0.5) is 5.69 Å². The number of non-ortho nitro benzene ring substituents is 1. The van der Waals surface area contributed by atoms with Crippen LogP contribution in [0.5, 0.6) is 0 Å². The summed E-state index contributed by atoms with van der Waals surface area (Å²) in [6, 6.07) is 5.43. The van der Waals surface area contributed by atoms with Crippen molar-refractivity contribution in [3.8, 4) is 0 Å². The predicted molar refractivity (Wildman–Crippen MR) is 65.6 cm³/mol. The number of hydrogen-bond donors (Lipinski definition) is 0. The van der Waals surface area contributed by atoms with Crippen LogP contribution in [-0.4, -0.2) is 28.0 Å². The van der Waals surface area contributed by atoms with Crippen LogP contribution >= 0.6 is 0 Å². The van der Waals surface area contributed by atoms with E-state index in [4.69, 9.17) is 0 Å². The van der Waals surface area contributed by atoms with Gasteiger partial charge in [0, 0.05) is 22.8 Å². The second kappa shape index (κ2) is 6.25. The van der Waals surface area contributed by atoms with Gasteiger partial charge in [0.15, 0.2) is 0 Å². The number of esters is 1. The van der Waals surface area contributed by atoms with Crippen molar-refractivity contribution in [2.24, 2.45) is 5.92 Å². The topological polar surface area (TPSA) is 86.5 Å². The maximum absolute atomic E-state index is 11.9. The standard InChI is InChI=1S/C11H13NO5S/c1-8(11(13)17-2)7-18(16)10-5-3-9(4-6-10)12(14)15/h3-6,8H,7H2,1-2H3. The van der Waals surface area contributed by atoms with Crippen molar-refractivity contribution in [2.75, 3.05) is 12.9 Å². The number of hydrogen-bond acceptors (Lipinski definition) is 5. The molecule has 6 nitrogen and oxygen atoms in total. The average Bonchev–Trinajstić information content (AvgIpc) is 2.37. The maximum Gasteiger partial charge on any atom is 0.309 e. The lowest BCUT2D eigenvalue weighted by atomic mass is 10.2. The molecule has 1 rings (SSSR count). The summed E-state index contributed by atoms with van der Waals surface area (Å²) in [5, 5.41) is 10.5. The molecule has 0 amide bonds. The van der Waals surface area contributed by atoms with Gasteiger partial charge < -0.3 is 4.74 Å². The third kappa shape index (κ3) is 3.63. The summed E-state index contributed by atoms with van der Waals surface area (Å²) < 4.78 is 16.4. The van der Waals surface area contributed by atoms with Gasteiger partial charge in [0.2, 0.25) is 0 Å². The van der Waals surface area contributed by atoms with Crippen LogP contribution in [0, 0.1) is 16.0 Å². The van der Waals surface area contributed by atoms with Gasteiger partial charge in [0.25, 0.3) is 5.69 Å². The molecule has 0 spiro atoms. The lowest BCUT2D eigenvalue weighted by molar-refractivity contribution is -0.384. The molecule has 0 aliphatic carbocycles. The van der Waals surface area contributed by atoms with E-state index >= 15 is 0 Å². The first kappa shape index (κ1) is 14.3. The fraction of sp³-hybridized carbons (Fsp3) is 0.364. The molecule has 1 aromatic rings. The number of benzene rings is 1. The first-order chi connectivity index (χ1) is 8.45. The first-order valence-electron chi connectivity index (χ1n) is 5.16. The Kier molecular flexibility index (Phi) is 4.96. The van der Waals surface area contributed by atoms with Crippen LogP contribution in [0.1, 0.15) is 6.92 Å². The molecule has 1 aromatic carbocycles. The van der Waals surface area contributed by atoms with E-state index in [0.717, 1.165) is 0 Å². The van der Waals surface area contributed by atoms with Crippen molar-refractivity contribution in [1.82, 2.24) is 0 Å². The van der Waals surface area contributed by atoms with Crippen LogP contribution in [-0.2, 0) is 20.3 Å². The van der Waals surface area contributed by atoms with Crippen LogP contribution in [0.25, 0.3) is 0 Å². The van der Waals surface area contributed by atoms with E-state index in [1.807, 2.05) is 0 Å². The molecule has 0 aliphatic rings. The fourth-order valence-corrected chi connectivity index (χ4v) is 2.53. The molecule has 0 fully saturated rings. The van der Waals surface area contributed by atoms with E-state index in [9.17, 15) is 19.1 Å². The normalized spacial score (nSPS) is 13.7. The van der Waals surface area contributed by atoms with E-state index in [1.165, 1.54) is 31.4 Å². The monoisotopic (exact) mass is 271 g/mol. The second-order valence-corrected chi connectivity index (χ2v) is 5.18. The highest BCUT2D eigenvalue weighted by atomic mass is 32.2. The molecule has 2 unspecified atom stereocenters. The predicted octanol–water partition coefficient (Wildman–Crippen LogP) is 1.51. The molecule has 7 heteroatoms. The van der Waals surface area contributed by atoms with E-state index in [-0.39, 0.29) is 11.4 Å². The van der Waals surface area contributed by atoms with Gasteiger partial charge >= 0.3 is 5.97 Å². The average molecular weight is 271 g/mol. The molecule has 0 aliphatic heterocycles. The Labute approximate surface area is 107 Å². The van der Waals surface area contributed by atoms with Crippen molar-refractivity contribution in [2.45, 2.75) is 11.8 Å². The lowest BCUT2D eigenvalue weighted by Gasteiger charge is -2.08. The zero-order valence-electron chi connectivity index (χ0n) is 9.99. The Hall–Kier alpha value is -1.76. The molecule has 98 valence electrons. The quantitative estimate of drug-likeness (QED) is 0.460. The van der Waals surface area contributed by atoms with E-state index < -0.39 is 27.6 Å². The first-order valence-corrected chi connectivity index (χ1v) is 6.48. The third-order valence-corrected chi connectivity index (χ3v) is 3.92. The van der Waals surface area contributed by atoms with Gasteiger partial charge in [-0.15, -0.1) is 0 Å². The number of nitro benzene ring substituents is 1. The summed E-state index contributed by atoms with van der Waals surface area (Å²) in [5.41, 5.74) is -0.0585. The summed E-state index contributed by atoms with van der Waals surface area (Å²) in [5.74, 6) is -0.777. The minimum atomic E-state index is -1.38. The minimum Gasteiger partial charge on any atom is -0.469 e. The van der Waals surface area contributed by atoms with Crippen molar-refractivity contribution >= 4 is 22.5 Å². The third-order valence-electron chi connectivity index (χ3n) is 2.32. The Balaban J connectivity index is 2.73. The highest BCUT2D eigenvalue weighted by molar-refractivity contribution is 7.85. The molecule has 0 radical (unpaired) electrons. The van der Waals surface area contributed by atoms with Gasteiger partial charge in [0.05, 0.1) is 28.8 Å². The highest BCUT2D eigenvalue weighted by Gasteiger charge is 2.18. The number of rotatable bonds is 5. The number of ether oxygens (including phenoxy) is 1. The number of methoxy groups -OCH3 is 1. The summed E-state index contributed by atoms with van der Waals surface area (Å²) in [6.07, 6.45) is 0. The minimum absolute atomic E-state index is 0.0585. The van der Waals surface area contributed by atoms with Crippen molar-refractivity contribution in [3.05, 3.63) is 34.4 Å². The van der Waals surface area contributed by atoms with Gasteiger partial charge in [-0.05, 0) is 12.1 Å². The molecule has 0 heterocycles. The molecule has 18 heavy (non-hydrogen) atoms. The molecule has 2 atom stereocenters. The zero-order chi connectivity index (χ0) is 13.7. The van der Waals surface area contributed by atoms with E-state index in [2.05, 4.69) is 4.74 Å². The van der Waals surface area contributed by atoms with Gasteiger partial charge in [-0.3, -0.25) is 19.1 Å². The van der Waals surface area contributed by atoms with Crippen LogP contribution in [0.2, 0.25) is 0 Å². The Bertz CT molecular complexity index is 471. The molecular weight excluding hydrogens is 258 g/mol. The maximum atomic E-state index is 11.9. The SMILES string of the molecule is COC(=O)C(C)CS(=O)c1ccc([N+](=O)[O-])cc1. The van der Waals surface area contributed by atoms with Gasteiger partial charge in [0.1, 0.15) is 0 Å². The summed E-state index contributed by atoms with van der Waals surface area (Å²) in [7, 11) is -0.109. The van der Waals surface area contributed by atoms with E-state index in [0.29, 0.717) is 4.90 Å². The number of carbonyl (C=O) groups excluding carboxylic acids is 1. The molecule has 0 N–H and O–H groups in total. The summed E-state index contributed by atoms with van der Waals surface area (Å²) >= 11 is 0. The Morgan fingerprint density at radius 1 is 1.44 bits per heavy atom. The van der Waals surface area contributed by atoms with Crippen molar-refractivity contribution in [3.63, 3.8) is 0 Å².